The molecule has 3 heterocycles. The number of fused-ring (bicyclic) bond motifs is 2. The highest BCUT2D eigenvalue weighted by atomic mass is 32.1. The van der Waals surface area contributed by atoms with Crippen molar-refractivity contribution in [2.24, 2.45) is 0 Å². The first-order valence-corrected chi connectivity index (χ1v) is 8.85. The smallest absolute Gasteiger partial charge is 0.252 e. The van der Waals surface area contributed by atoms with Crippen molar-refractivity contribution in [3.8, 4) is 11.5 Å². The highest BCUT2D eigenvalue weighted by Gasteiger charge is 2.16. The summed E-state index contributed by atoms with van der Waals surface area (Å²) in [5.74, 6) is 1.39. The standard InChI is InChI=1S/C18H18N2O3S/c1-2-13(17-4-3-5-24-17)19-9-12-6-11-7-15-16(23-10-22-15)8-14(11)20-18(12)21/h3-8,13,19H,2,9-10H2,1H3,(H,20,21). The lowest BCUT2D eigenvalue weighted by Crippen LogP contribution is -2.24. The Balaban J connectivity index is 1.61. The molecule has 0 amide bonds. The zero-order valence-corrected chi connectivity index (χ0v) is 14.1. The molecule has 4 rings (SSSR count). The van der Waals surface area contributed by atoms with Crippen LogP contribution in [0.3, 0.4) is 0 Å². The van der Waals surface area contributed by atoms with Crippen molar-refractivity contribution >= 4 is 22.2 Å². The highest BCUT2D eigenvalue weighted by Crippen LogP contribution is 2.35. The Morgan fingerprint density at radius 2 is 2.12 bits per heavy atom. The molecule has 1 aliphatic rings. The Hall–Kier alpha value is -2.31. The molecule has 1 atom stereocenters. The van der Waals surface area contributed by atoms with Crippen LogP contribution < -0.4 is 20.3 Å². The third-order valence-corrected chi connectivity index (χ3v) is 5.23. The van der Waals surface area contributed by atoms with Crippen molar-refractivity contribution in [3.05, 3.63) is 56.5 Å². The van der Waals surface area contributed by atoms with Gasteiger partial charge in [-0.05, 0) is 30.0 Å². The number of hydrogen-bond acceptors (Lipinski definition) is 5. The molecule has 0 saturated carbocycles. The summed E-state index contributed by atoms with van der Waals surface area (Å²) in [5, 5.41) is 6.50. The number of rotatable bonds is 5. The van der Waals surface area contributed by atoms with Crippen LogP contribution in [-0.4, -0.2) is 11.8 Å². The Kier molecular flexibility index (Phi) is 4.00. The van der Waals surface area contributed by atoms with Gasteiger partial charge in [0, 0.05) is 34.5 Å². The minimum absolute atomic E-state index is 0.0742. The first-order valence-electron chi connectivity index (χ1n) is 7.97. The van der Waals surface area contributed by atoms with E-state index in [2.05, 4.69) is 34.7 Å². The minimum atomic E-state index is -0.0742. The van der Waals surface area contributed by atoms with Crippen LogP contribution in [0, 0.1) is 0 Å². The number of benzene rings is 1. The van der Waals surface area contributed by atoms with Gasteiger partial charge in [0.15, 0.2) is 11.5 Å². The van der Waals surface area contributed by atoms with E-state index in [0.29, 0.717) is 12.3 Å². The Morgan fingerprint density at radius 3 is 2.88 bits per heavy atom. The number of aromatic nitrogens is 1. The molecule has 0 bridgehead atoms. The molecule has 5 nitrogen and oxygen atoms in total. The fourth-order valence-corrected chi connectivity index (χ4v) is 3.83. The summed E-state index contributed by atoms with van der Waals surface area (Å²) < 4.78 is 10.8. The number of hydrogen-bond donors (Lipinski definition) is 2. The predicted octanol–water partition coefficient (Wildman–Crippen LogP) is 3.56. The lowest BCUT2D eigenvalue weighted by atomic mass is 10.1. The van der Waals surface area contributed by atoms with E-state index in [1.807, 2.05) is 18.2 Å². The molecule has 3 aromatic rings. The van der Waals surface area contributed by atoms with Gasteiger partial charge >= 0.3 is 0 Å². The van der Waals surface area contributed by atoms with Crippen LogP contribution >= 0.6 is 11.3 Å². The SMILES string of the molecule is CCC(NCc1cc2cc3c(cc2[nH]c1=O)OCO3)c1cccs1. The molecule has 0 saturated heterocycles. The largest absolute Gasteiger partial charge is 0.454 e. The number of nitrogens with one attached hydrogen (secondary N) is 2. The van der Waals surface area contributed by atoms with Crippen LogP contribution in [0.5, 0.6) is 11.5 Å². The number of aromatic amines is 1. The maximum absolute atomic E-state index is 12.4. The minimum Gasteiger partial charge on any atom is -0.454 e. The number of thiophene rings is 1. The van der Waals surface area contributed by atoms with E-state index in [1.54, 1.807) is 11.3 Å². The zero-order chi connectivity index (χ0) is 16.5. The van der Waals surface area contributed by atoms with Crippen LogP contribution in [0.2, 0.25) is 0 Å². The van der Waals surface area contributed by atoms with E-state index in [-0.39, 0.29) is 18.4 Å². The topological polar surface area (TPSA) is 63.4 Å². The van der Waals surface area contributed by atoms with E-state index < -0.39 is 0 Å². The fraction of sp³-hybridized carbons (Fsp3) is 0.278. The molecule has 1 aromatic carbocycles. The van der Waals surface area contributed by atoms with E-state index in [0.717, 1.165) is 28.6 Å². The lowest BCUT2D eigenvalue weighted by molar-refractivity contribution is 0.174. The molecule has 1 unspecified atom stereocenters. The van der Waals surface area contributed by atoms with Gasteiger partial charge in [0.05, 0.1) is 5.52 Å². The van der Waals surface area contributed by atoms with Crippen LogP contribution in [0.4, 0.5) is 0 Å². The van der Waals surface area contributed by atoms with Crippen LogP contribution in [0.25, 0.3) is 10.9 Å². The van der Waals surface area contributed by atoms with Crippen molar-refractivity contribution in [1.29, 1.82) is 0 Å². The molecule has 0 fully saturated rings. The average Bonchev–Trinajstić information content (AvgIpc) is 3.25. The number of pyridine rings is 1. The molecule has 0 aliphatic carbocycles. The maximum atomic E-state index is 12.4. The van der Waals surface area contributed by atoms with Crippen LogP contribution in [0.15, 0.2) is 40.5 Å². The van der Waals surface area contributed by atoms with Crippen molar-refractivity contribution in [1.82, 2.24) is 10.3 Å². The number of ether oxygens (including phenoxy) is 2. The van der Waals surface area contributed by atoms with Gasteiger partial charge in [-0.25, -0.2) is 0 Å². The average molecular weight is 342 g/mol. The van der Waals surface area contributed by atoms with Gasteiger partial charge in [-0.15, -0.1) is 11.3 Å². The second-order valence-corrected chi connectivity index (χ2v) is 6.75. The summed E-state index contributed by atoms with van der Waals surface area (Å²) >= 11 is 1.73. The summed E-state index contributed by atoms with van der Waals surface area (Å²) in [5.41, 5.74) is 1.41. The summed E-state index contributed by atoms with van der Waals surface area (Å²) in [7, 11) is 0. The zero-order valence-electron chi connectivity index (χ0n) is 13.3. The van der Waals surface area contributed by atoms with Crippen molar-refractivity contribution in [2.45, 2.75) is 25.9 Å². The van der Waals surface area contributed by atoms with E-state index >= 15 is 0 Å². The van der Waals surface area contributed by atoms with Gasteiger partial charge < -0.3 is 19.8 Å². The van der Waals surface area contributed by atoms with Gasteiger partial charge in [-0.2, -0.15) is 0 Å². The molecule has 1 aliphatic heterocycles. The summed E-state index contributed by atoms with van der Waals surface area (Å²) in [6.45, 7) is 2.89. The first-order chi connectivity index (χ1) is 11.7. The predicted molar refractivity (Wildman–Crippen MR) is 94.9 cm³/mol. The van der Waals surface area contributed by atoms with E-state index in [1.165, 1.54) is 4.88 Å². The first kappa shape index (κ1) is 15.2. The molecule has 6 heteroatoms. The Labute approximate surface area is 143 Å². The summed E-state index contributed by atoms with van der Waals surface area (Å²) in [6.07, 6.45) is 0.977. The second-order valence-electron chi connectivity index (χ2n) is 5.77. The van der Waals surface area contributed by atoms with E-state index in [4.69, 9.17) is 9.47 Å². The van der Waals surface area contributed by atoms with Gasteiger partial charge in [0.25, 0.3) is 5.56 Å². The summed E-state index contributed by atoms with van der Waals surface area (Å²) in [6, 6.07) is 10.1. The molecule has 0 radical (unpaired) electrons. The summed E-state index contributed by atoms with van der Waals surface area (Å²) in [4.78, 5) is 16.6. The third-order valence-electron chi connectivity index (χ3n) is 4.25. The van der Waals surface area contributed by atoms with Gasteiger partial charge in [-0.3, -0.25) is 4.79 Å². The van der Waals surface area contributed by atoms with Gasteiger partial charge in [-0.1, -0.05) is 13.0 Å². The van der Waals surface area contributed by atoms with Crippen molar-refractivity contribution in [2.75, 3.05) is 6.79 Å². The van der Waals surface area contributed by atoms with Crippen molar-refractivity contribution < 1.29 is 9.47 Å². The normalized spacial score (nSPS) is 14.2. The third kappa shape index (κ3) is 2.79. The molecular formula is C18H18N2O3S. The van der Waals surface area contributed by atoms with Gasteiger partial charge in [0.2, 0.25) is 6.79 Å². The van der Waals surface area contributed by atoms with Gasteiger partial charge in [0.1, 0.15) is 0 Å². The quantitative estimate of drug-likeness (QED) is 0.744. The van der Waals surface area contributed by atoms with Crippen LogP contribution in [0.1, 0.15) is 29.8 Å². The Morgan fingerprint density at radius 1 is 1.29 bits per heavy atom. The fourth-order valence-electron chi connectivity index (χ4n) is 2.94. The lowest BCUT2D eigenvalue weighted by Gasteiger charge is -2.15. The monoisotopic (exact) mass is 342 g/mol. The second kappa shape index (κ2) is 6.30. The molecule has 124 valence electrons. The molecule has 0 spiro atoms. The maximum Gasteiger partial charge on any atom is 0.252 e. The molecule has 2 N–H and O–H groups in total. The van der Waals surface area contributed by atoms with Crippen LogP contribution in [-0.2, 0) is 6.54 Å². The van der Waals surface area contributed by atoms with E-state index in [9.17, 15) is 4.79 Å². The number of H-pyrrole nitrogens is 1. The molecular weight excluding hydrogens is 324 g/mol. The Bertz CT molecular complexity index is 918. The highest BCUT2D eigenvalue weighted by molar-refractivity contribution is 7.10. The van der Waals surface area contributed by atoms with Crippen molar-refractivity contribution in [3.63, 3.8) is 0 Å². The molecule has 2 aromatic heterocycles. The molecule has 24 heavy (non-hydrogen) atoms.